The van der Waals surface area contributed by atoms with Crippen molar-refractivity contribution < 1.29 is 5.48 Å². The molecule has 288 valence electrons. The summed E-state index contributed by atoms with van der Waals surface area (Å²) in [7, 11) is 0. The largest absolute Gasteiger partial charge is 0.208 e. The highest BCUT2D eigenvalue weighted by molar-refractivity contribution is 5.88. The maximum Gasteiger partial charge on any atom is 0.164 e. The molecule has 8 aromatic carbocycles. The van der Waals surface area contributed by atoms with Gasteiger partial charge in [-0.05, 0) is 122 Å². The Morgan fingerprint density at radius 3 is 1.55 bits per heavy atom. The highest BCUT2D eigenvalue weighted by Crippen LogP contribution is 2.58. The maximum absolute atomic E-state index is 9.66. The summed E-state index contributed by atoms with van der Waals surface area (Å²) >= 11 is 0. The van der Waals surface area contributed by atoms with Gasteiger partial charge in [-0.2, -0.15) is 0 Å². The summed E-state index contributed by atoms with van der Waals surface area (Å²) in [6.07, 6.45) is -3.15. The second-order valence-electron chi connectivity index (χ2n) is 16.9. The van der Waals surface area contributed by atoms with Gasteiger partial charge in [0.05, 0.1) is 0 Å². The lowest BCUT2D eigenvalue weighted by Crippen LogP contribution is -2.34. The quantitative estimate of drug-likeness (QED) is 0.169. The molecule has 2 aliphatic rings. The van der Waals surface area contributed by atoms with E-state index in [0.29, 0.717) is 17.5 Å². The fourth-order valence-corrected chi connectivity index (χ4v) is 8.96. The van der Waals surface area contributed by atoms with Crippen LogP contribution in [0.5, 0.6) is 0 Å². The summed E-state index contributed by atoms with van der Waals surface area (Å²) < 4.78 is 38.6. The number of fused-ring (bicyclic) bond motifs is 6. The fraction of sp³-hybridized carbons (Fsp3) is 0.140. The minimum atomic E-state index is -1.84. The van der Waals surface area contributed by atoms with Crippen molar-refractivity contribution in [1.29, 1.82) is 0 Å². The SMILES string of the molecule is [2H]C1([2H])CC(C)(C)CC([2H])([2H])C12c1ccccc1-c1ccc(-c3cccc(-c4cccc(-c5nc(-c6ccccc6)nc(-c6ccc(-c7ccc8ccccc8c7)cc6)n5)c4)c3)cc12. The first kappa shape index (κ1) is 32.0. The van der Waals surface area contributed by atoms with Gasteiger partial charge >= 0.3 is 0 Å². The van der Waals surface area contributed by atoms with Crippen LogP contribution in [0.3, 0.4) is 0 Å². The van der Waals surface area contributed by atoms with Crippen molar-refractivity contribution in [2.24, 2.45) is 5.41 Å². The lowest BCUT2D eigenvalue weighted by molar-refractivity contribution is 0.188. The van der Waals surface area contributed by atoms with Gasteiger partial charge in [-0.25, -0.2) is 15.0 Å². The van der Waals surface area contributed by atoms with Gasteiger partial charge in [0.1, 0.15) is 0 Å². The van der Waals surface area contributed by atoms with E-state index in [-0.39, 0.29) is 12.8 Å². The Bertz CT molecular complexity index is 3250. The van der Waals surface area contributed by atoms with Gasteiger partial charge in [0.2, 0.25) is 0 Å². The third kappa shape index (κ3) is 6.42. The van der Waals surface area contributed by atoms with E-state index in [4.69, 9.17) is 15.0 Å². The first-order valence-electron chi connectivity index (χ1n) is 22.8. The van der Waals surface area contributed by atoms with Gasteiger partial charge in [0, 0.05) is 27.6 Å². The molecule has 0 atom stereocenters. The molecule has 0 bridgehead atoms. The minimum Gasteiger partial charge on any atom is -0.208 e. The predicted octanol–water partition coefficient (Wildman–Crippen LogP) is 14.9. The van der Waals surface area contributed by atoms with E-state index in [1.165, 1.54) is 10.8 Å². The minimum absolute atomic E-state index is 0.261. The Hall–Kier alpha value is -6.97. The third-order valence-corrected chi connectivity index (χ3v) is 12.3. The molecule has 0 saturated heterocycles. The number of rotatable bonds is 6. The van der Waals surface area contributed by atoms with Crippen molar-refractivity contribution in [3.05, 3.63) is 199 Å². The molecule has 3 heteroatoms. The van der Waals surface area contributed by atoms with Crippen molar-refractivity contribution in [3.8, 4) is 78.7 Å². The van der Waals surface area contributed by atoms with Crippen molar-refractivity contribution in [3.63, 3.8) is 0 Å². The molecular formula is C57H45N3. The zero-order valence-electron chi connectivity index (χ0n) is 37.7. The van der Waals surface area contributed by atoms with Gasteiger partial charge in [0.15, 0.2) is 17.5 Å². The molecule has 1 heterocycles. The Kier molecular flexibility index (Phi) is 7.66. The number of aromatic nitrogens is 3. The van der Waals surface area contributed by atoms with E-state index < -0.39 is 23.6 Å². The topological polar surface area (TPSA) is 38.7 Å². The van der Waals surface area contributed by atoms with E-state index in [1.54, 1.807) is 0 Å². The second kappa shape index (κ2) is 14.4. The van der Waals surface area contributed by atoms with Crippen LogP contribution in [0.4, 0.5) is 0 Å². The Balaban J connectivity index is 0.963. The normalized spacial score (nSPS) is 17.5. The zero-order valence-corrected chi connectivity index (χ0v) is 33.7. The molecule has 1 fully saturated rings. The molecule has 2 aliphatic carbocycles. The molecule has 1 saturated carbocycles. The third-order valence-electron chi connectivity index (χ3n) is 12.3. The van der Waals surface area contributed by atoms with Crippen LogP contribution < -0.4 is 0 Å². The lowest BCUT2D eigenvalue weighted by atomic mass is 9.61. The van der Waals surface area contributed by atoms with Crippen LogP contribution in [0, 0.1) is 5.41 Å². The Morgan fingerprint density at radius 2 is 0.833 bits per heavy atom. The monoisotopic (exact) mass is 775 g/mol. The summed E-state index contributed by atoms with van der Waals surface area (Å²) in [4.78, 5) is 15.1. The standard InChI is InChI=1S/C57H45N3/c1-56(2)30-32-57(33-31-56)51-21-9-8-20-49(51)50-29-28-47(37-52(50)57)44-17-10-16-43(35-44)45-18-11-19-48(36-45)55-59-53(40-13-4-3-5-14-40)58-54(60-55)41-25-22-39(23-26-41)46-27-24-38-12-6-7-15-42(38)34-46/h3-29,34-37H,30-33H2,1-2H3/i32D2,33D2. The highest BCUT2D eigenvalue weighted by atomic mass is 15.0. The van der Waals surface area contributed by atoms with Gasteiger partial charge in [-0.15, -0.1) is 0 Å². The molecule has 0 unspecified atom stereocenters. The summed E-state index contributed by atoms with van der Waals surface area (Å²) in [5.41, 5.74) is 10.2. The molecule has 0 aliphatic heterocycles. The molecule has 3 nitrogen and oxygen atoms in total. The first-order valence-corrected chi connectivity index (χ1v) is 20.8. The number of benzene rings is 8. The van der Waals surface area contributed by atoms with Crippen LogP contribution in [-0.4, -0.2) is 15.0 Å². The van der Waals surface area contributed by atoms with Crippen molar-refractivity contribution in [2.75, 3.05) is 0 Å². The molecule has 0 N–H and O–H groups in total. The average molecular weight is 776 g/mol. The van der Waals surface area contributed by atoms with E-state index >= 15 is 0 Å². The molecule has 1 spiro atoms. The summed E-state index contributed by atoms with van der Waals surface area (Å²) in [6, 6.07) is 64.1. The van der Waals surface area contributed by atoms with E-state index in [2.05, 4.69) is 115 Å². The number of hydrogen-bond acceptors (Lipinski definition) is 3. The van der Waals surface area contributed by atoms with Gasteiger partial charge in [-0.3, -0.25) is 0 Å². The van der Waals surface area contributed by atoms with Crippen LogP contribution in [-0.2, 0) is 5.41 Å². The first-order chi connectivity index (χ1) is 30.9. The Labute approximate surface area is 358 Å². The smallest absolute Gasteiger partial charge is 0.164 e. The molecule has 1 aromatic heterocycles. The predicted molar refractivity (Wildman–Crippen MR) is 248 cm³/mol. The van der Waals surface area contributed by atoms with Crippen LogP contribution in [0.25, 0.3) is 89.4 Å². The van der Waals surface area contributed by atoms with Gasteiger partial charge < -0.3 is 0 Å². The fourth-order valence-electron chi connectivity index (χ4n) is 8.96. The van der Waals surface area contributed by atoms with E-state index in [0.717, 1.165) is 72.3 Å². The number of nitrogens with zero attached hydrogens (tertiary/aromatic N) is 3. The lowest BCUT2D eigenvalue weighted by Gasteiger charge is -2.43. The molecular weight excluding hydrogens is 727 g/mol. The van der Waals surface area contributed by atoms with E-state index in [1.807, 2.05) is 86.6 Å². The van der Waals surface area contributed by atoms with Gasteiger partial charge in [-0.1, -0.05) is 178 Å². The van der Waals surface area contributed by atoms with Crippen LogP contribution >= 0.6 is 0 Å². The second-order valence-corrected chi connectivity index (χ2v) is 16.9. The molecule has 0 amide bonds. The zero-order chi connectivity index (χ0) is 43.8. The average Bonchev–Trinajstić information content (AvgIpc) is 3.62. The van der Waals surface area contributed by atoms with Crippen molar-refractivity contribution >= 4 is 10.8 Å². The number of hydrogen-bond donors (Lipinski definition) is 0. The Morgan fingerprint density at radius 1 is 0.367 bits per heavy atom. The van der Waals surface area contributed by atoms with Crippen LogP contribution in [0.15, 0.2) is 188 Å². The summed E-state index contributed by atoms with van der Waals surface area (Å²) in [5, 5.41) is 2.42. The molecule has 0 radical (unpaired) electrons. The highest BCUT2D eigenvalue weighted by Gasteiger charge is 2.46. The molecule has 9 aromatic rings. The van der Waals surface area contributed by atoms with Crippen LogP contribution in [0.1, 0.15) is 56.0 Å². The molecule has 11 rings (SSSR count). The summed E-state index contributed by atoms with van der Waals surface area (Å²) in [6.45, 7) is 3.98. The van der Waals surface area contributed by atoms with E-state index in [9.17, 15) is 5.48 Å². The van der Waals surface area contributed by atoms with Crippen LogP contribution in [0.2, 0.25) is 0 Å². The van der Waals surface area contributed by atoms with Gasteiger partial charge in [0.25, 0.3) is 0 Å². The van der Waals surface area contributed by atoms with Crippen molar-refractivity contribution in [2.45, 2.75) is 44.8 Å². The van der Waals surface area contributed by atoms with Crippen molar-refractivity contribution in [1.82, 2.24) is 15.0 Å². The summed E-state index contributed by atoms with van der Waals surface area (Å²) in [5.74, 6) is 1.76. The molecule has 60 heavy (non-hydrogen) atoms. The maximum atomic E-state index is 9.66.